The molecular weight excluding hydrogens is 375 g/mol. The van der Waals surface area contributed by atoms with Crippen LogP contribution in [0.25, 0.3) is 0 Å². The number of carbonyl (C=O) groups is 2. The van der Waals surface area contributed by atoms with Crippen molar-refractivity contribution in [3.8, 4) is 0 Å². The molecule has 7 heteroatoms. The average molecular weight is 389 g/mol. The van der Waals surface area contributed by atoms with E-state index < -0.39 is 0 Å². The molecule has 0 aliphatic rings. The number of benzene rings is 2. The van der Waals surface area contributed by atoms with Crippen LogP contribution in [-0.2, 0) is 6.54 Å². The Balaban J connectivity index is 1.61. The van der Waals surface area contributed by atoms with E-state index in [0.29, 0.717) is 34.1 Å². The van der Waals surface area contributed by atoms with Crippen molar-refractivity contribution in [2.45, 2.75) is 6.54 Å². The summed E-state index contributed by atoms with van der Waals surface area (Å²) in [5.74, 6) is 0.0730. The smallest absolute Gasteiger partial charge is 0.257 e. The van der Waals surface area contributed by atoms with Gasteiger partial charge < -0.3 is 15.1 Å². The third-order valence-electron chi connectivity index (χ3n) is 3.58. The fourth-order valence-electron chi connectivity index (χ4n) is 2.26. The molecule has 0 spiro atoms. The molecule has 0 saturated heterocycles. The van der Waals surface area contributed by atoms with Crippen LogP contribution in [0.2, 0.25) is 10.0 Å². The van der Waals surface area contributed by atoms with Gasteiger partial charge in [-0.05, 0) is 54.6 Å². The van der Waals surface area contributed by atoms with Crippen LogP contribution < -0.4 is 10.6 Å². The van der Waals surface area contributed by atoms with Crippen molar-refractivity contribution in [2.24, 2.45) is 0 Å². The normalized spacial score (nSPS) is 10.4. The van der Waals surface area contributed by atoms with Crippen molar-refractivity contribution in [1.29, 1.82) is 0 Å². The van der Waals surface area contributed by atoms with Crippen molar-refractivity contribution in [3.05, 3.63) is 87.8 Å². The third-order valence-corrected chi connectivity index (χ3v) is 4.13. The third kappa shape index (κ3) is 4.45. The van der Waals surface area contributed by atoms with Crippen LogP contribution in [0.3, 0.4) is 0 Å². The van der Waals surface area contributed by atoms with E-state index in [9.17, 15) is 9.59 Å². The highest BCUT2D eigenvalue weighted by Gasteiger charge is 2.12. The second-order valence-corrected chi connectivity index (χ2v) is 6.26. The van der Waals surface area contributed by atoms with E-state index in [4.69, 9.17) is 27.6 Å². The van der Waals surface area contributed by atoms with Crippen molar-refractivity contribution >= 4 is 40.7 Å². The molecule has 2 amide bonds. The van der Waals surface area contributed by atoms with Gasteiger partial charge in [-0.1, -0.05) is 23.2 Å². The lowest BCUT2D eigenvalue weighted by atomic mass is 10.1. The molecule has 0 aliphatic carbocycles. The highest BCUT2D eigenvalue weighted by atomic mass is 35.5. The summed E-state index contributed by atoms with van der Waals surface area (Å²) >= 11 is 11.9. The first-order valence-electron chi connectivity index (χ1n) is 7.70. The highest BCUT2D eigenvalue weighted by molar-refractivity contribution is 6.37. The van der Waals surface area contributed by atoms with Gasteiger partial charge in [0, 0.05) is 16.3 Å². The minimum Gasteiger partial charge on any atom is -0.467 e. The molecule has 1 aromatic heterocycles. The summed E-state index contributed by atoms with van der Waals surface area (Å²) in [6.45, 7) is 0.305. The predicted octanol–water partition coefficient (Wildman–Crippen LogP) is 4.77. The lowest BCUT2D eigenvalue weighted by Crippen LogP contribution is -2.22. The standard InChI is InChI=1S/C19H14Cl2N2O3/c20-13-5-8-16(17(21)10-13)19(25)23-14-6-3-12(4-7-14)18(24)22-11-15-2-1-9-26-15/h1-10H,11H2,(H,22,24)(H,23,25). The van der Waals surface area contributed by atoms with Gasteiger partial charge in [0.25, 0.3) is 11.8 Å². The maximum Gasteiger partial charge on any atom is 0.257 e. The zero-order chi connectivity index (χ0) is 18.5. The van der Waals surface area contributed by atoms with Crippen molar-refractivity contribution in [1.82, 2.24) is 5.32 Å². The minimum atomic E-state index is -0.360. The van der Waals surface area contributed by atoms with Crippen molar-refractivity contribution in [2.75, 3.05) is 5.32 Å². The number of amides is 2. The first-order chi connectivity index (χ1) is 12.5. The Kier molecular flexibility index (Phi) is 5.61. The molecule has 1 heterocycles. The molecule has 0 saturated carbocycles. The van der Waals surface area contributed by atoms with E-state index >= 15 is 0 Å². The van der Waals surface area contributed by atoms with Crippen molar-refractivity contribution in [3.63, 3.8) is 0 Å². The fraction of sp³-hybridized carbons (Fsp3) is 0.0526. The number of hydrogen-bond acceptors (Lipinski definition) is 3. The van der Waals surface area contributed by atoms with Gasteiger partial charge in [-0.3, -0.25) is 9.59 Å². The molecule has 0 atom stereocenters. The second kappa shape index (κ2) is 8.08. The highest BCUT2D eigenvalue weighted by Crippen LogP contribution is 2.22. The van der Waals surface area contributed by atoms with Gasteiger partial charge in [0.2, 0.25) is 0 Å². The Bertz CT molecular complexity index is 922. The molecule has 2 N–H and O–H groups in total. The number of anilines is 1. The van der Waals surface area contributed by atoms with Gasteiger partial charge in [0.15, 0.2) is 0 Å². The number of nitrogens with one attached hydrogen (secondary N) is 2. The van der Waals surface area contributed by atoms with Crippen LogP contribution in [0, 0.1) is 0 Å². The molecule has 132 valence electrons. The molecule has 0 bridgehead atoms. The van der Waals surface area contributed by atoms with E-state index in [1.807, 2.05) is 0 Å². The second-order valence-electron chi connectivity index (χ2n) is 5.42. The number of halogens is 2. The Morgan fingerprint density at radius 3 is 2.38 bits per heavy atom. The number of carbonyl (C=O) groups excluding carboxylic acids is 2. The summed E-state index contributed by atoms with van der Waals surface area (Å²) in [6, 6.07) is 14.7. The first kappa shape index (κ1) is 18.0. The largest absolute Gasteiger partial charge is 0.467 e. The molecule has 0 aliphatic heterocycles. The first-order valence-corrected chi connectivity index (χ1v) is 8.45. The van der Waals surface area contributed by atoms with Gasteiger partial charge in [-0.15, -0.1) is 0 Å². The van der Waals surface area contributed by atoms with E-state index in [-0.39, 0.29) is 16.8 Å². The maximum absolute atomic E-state index is 12.3. The molecule has 3 rings (SSSR count). The molecule has 26 heavy (non-hydrogen) atoms. The zero-order valence-corrected chi connectivity index (χ0v) is 15.0. The monoisotopic (exact) mass is 388 g/mol. The summed E-state index contributed by atoms with van der Waals surface area (Å²) in [6.07, 6.45) is 1.55. The Morgan fingerprint density at radius 1 is 0.962 bits per heavy atom. The Morgan fingerprint density at radius 2 is 1.73 bits per heavy atom. The topological polar surface area (TPSA) is 71.3 Å². The number of rotatable bonds is 5. The molecule has 2 aromatic carbocycles. The zero-order valence-electron chi connectivity index (χ0n) is 13.5. The quantitative estimate of drug-likeness (QED) is 0.661. The Labute approximate surface area is 159 Å². The molecular formula is C19H14Cl2N2O3. The van der Waals surface area contributed by atoms with Gasteiger partial charge in [0.1, 0.15) is 5.76 Å². The van der Waals surface area contributed by atoms with E-state index in [1.54, 1.807) is 54.8 Å². The van der Waals surface area contributed by atoms with Gasteiger partial charge in [-0.25, -0.2) is 0 Å². The summed E-state index contributed by atoms with van der Waals surface area (Å²) in [4.78, 5) is 24.4. The SMILES string of the molecule is O=C(NCc1ccco1)c1ccc(NC(=O)c2ccc(Cl)cc2Cl)cc1. The summed E-state index contributed by atoms with van der Waals surface area (Å²) in [5.41, 5.74) is 1.33. The molecule has 0 radical (unpaired) electrons. The minimum absolute atomic E-state index is 0.236. The lowest BCUT2D eigenvalue weighted by molar-refractivity contribution is 0.0947. The summed E-state index contributed by atoms with van der Waals surface area (Å²) in [7, 11) is 0. The van der Waals surface area contributed by atoms with Crippen molar-refractivity contribution < 1.29 is 14.0 Å². The van der Waals surface area contributed by atoms with Gasteiger partial charge in [-0.2, -0.15) is 0 Å². The predicted molar refractivity (Wildman–Crippen MR) is 101 cm³/mol. The summed E-state index contributed by atoms with van der Waals surface area (Å²) < 4.78 is 5.16. The van der Waals surface area contributed by atoms with Crippen LogP contribution in [0.15, 0.2) is 65.3 Å². The van der Waals surface area contributed by atoms with Crippen LogP contribution in [0.1, 0.15) is 26.5 Å². The van der Waals surface area contributed by atoms with Gasteiger partial charge >= 0.3 is 0 Å². The van der Waals surface area contributed by atoms with Crippen LogP contribution in [-0.4, -0.2) is 11.8 Å². The van der Waals surface area contributed by atoms with Gasteiger partial charge in [0.05, 0.1) is 23.4 Å². The molecule has 3 aromatic rings. The van der Waals surface area contributed by atoms with E-state index in [2.05, 4.69) is 10.6 Å². The van der Waals surface area contributed by atoms with Crippen LogP contribution >= 0.6 is 23.2 Å². The lowest BCUT2D eigenvalue weighted by Gasteiger charge is -2.08. The summed E-state index contributed by atoms with van der Waals surface area (Å²) in [5, 5.41) is 6.20. The number of furan rings is 1. The maximum atomic E-state index is 12.3. The molecule has 5 nitrogen and oxygen atoms in total. The van der Waals surface area contributed by atoms with E-state index in [1.165, 1.54) is 6.07 Å². The van der Waals surface area contributed by atoms with Crippen LogP contribution in [0.4, 0.5) is 5.69 Å². The van der Waals surface area contributed by atoms with Crippen LogP contribution in [0.5, 0.6) is 0 Å². The number of hydrogen-bond donors (Lipinski definition) is 2. The Hall–Kier alpha value is -2.76. The fourth-order valence-corrected chi connectivity index (χ4v) is 2.75. The molecule has 0 fully saturated rings. The molecule has 0 unspecified atom stereocenters. The van der Waals surface area contributed by atoms with E-state index in [0.717, 1.165) is 0 Å². The average Bonchev–Trinajstić information content (AvgIpc) is 3.13.